The number of Topliss-reactive ketones (excluding diaryl/α,β-unsaturated/α-hetero) is 1. The number of aliphatic hydroxyl groups is 1. The number of hydrogen-bond acceptors (Lipinski definition) is 5. The van der Waals surface area contributed by atoms with Gasteiger partial charge in [-0.3, -0.25) is 4.79 Å². The van der Waals surface area contributed by atoms with Gasteiger partial charge in [-0.2, -0.15) is 0 Å². The Balaban J connectivity index is 2.30. The number of aliphatic hydroxyl groups excluding tert-OH is 1. The summed E-state index contributed by atoms with van der Waals surface area (Å²) in [4.78, 5) is 23.7. The zero-order valence-electron chi connectivity index (χ0n) is 14.3. The van der Waals surface area contributed by atoms with Crippen LogP contribution in [0.4, 0.5) is 0 Å². The molecule has 0 aliphatic heterocycles. The van der Waals surface area contributed by atoms with E-state index in [1.54, 1.807) is 6.92 Å². The van der Waals surface area contributed by atoms with Crippen LogP contribution in [0.2, 0.25) is 0 Å². The predicted molar refractivity (Wildman–Crippen MR) is 92.9 cm³/mol. The molecule has 0 aliphatic rings. The zero-order chi connectivity index (χ0) is 18.2. The van der Waals surface area contributed by atoms with E-state index >= 15 is 0 Å². The lowest BCUT2D eigenvalue weighted by Gasteiger charge is -2.26. The van der Waals surface area contributed by atoms with Gasteiger partial charge in [0.15, 0.2) is 12.1 Å². The number of rotatable bonds is 8. The highest BCUT2D eigenvalue weighted by molar-refractivity contribution is 6.00. The summed E-state index contributed by atoms with van der Waals surface area (Å²) >= 11 is 0. The minimum absolute atomic E-state index is 0.128. The molecule has 25 heavy (non-hydrogen) atoms. The lowest BCUT2D eigenvalue weighted by atomic mass is 9.90. The van der Waals surface area contributed by atoms with Crippen LogP contribution in [0.5, 0.6) is 0 Å². The van der Waals surface area contributed by atoms with Gasteiger partial charge < -0.3 is 14.6 Å². The van der Waals surface area contributed by atoms with Crippen LogP contribution in [0.15, 0.2) is 60.7 Å². The van der Waals surface area contributed by atoms with E-state index in [4.69, 9.17) is 9.47 Å². The number of carbonyl (C=O) groups is 2. The molecule has 1 N–H and O–H groups in total. The van der Waals surface area contributed by atoms with E-state index in [2.05, 4.69) is 0 Å². The number of hydrogen-bond donors (Lipinski definition) is 1. The first kappa shape index (κ1) is 18.8. The fourth-order valence-corrected chi connectivity index (χ4v) is 2.60. The van der Waals surface area contributed by atoms with E-state index < -0.39 is 30.1 Å². The van der Waals surface area contributed by atoms with E-state index in [0.717, 1.165) is 11.1 Å². The summed E-state index contributed by atoms with van der Waals surface area (Å²) < 4.78 is 10.3. The molecule has 2 aromatic rings. The van der Waals surface area contributed by atoms with Crippen molar-refractivity contribution in [3.05, 3.63) is 71.8 Å². The van der Waals surface area contributed by atoms with Gasteiger partial charge in [-0.05, 0) is 25.0 Å². The van der Waals surface area contributed by atoms with Crippen LogP contribution in [0.1, 0.15) is 30.9 Å². The second-order valence-electron chi connectivity index (χ2n) is 5.57. The van der Waals surface area contributed by atoms with Gasteiger partial charge in [-0.1, -0.05) is 60.7 Å². The molecule has 0 saturated carbocycles. The van der Waals surface area contributed by atoms with E-state index in [9.17, 15) is 14.7 Å². The minimum Gasteiger partial charge on any atom is -0.464 e. The number of esters is 1. The Bertz CT molecular complexity index is 644. The van der Waals surface area contributed by atoms with Crippen LogP contribution in [-0.2, 0) is 19.1 Å². The lowest BCUT2D eigenvalue weighted by molar-refractivity contribution is -0.184. The van der Waals surface area contributed by atoms with Crippen LogP contribution in [0.25, 0.3) is 0 Å². The smallest absolute Gasteiger partial charge is 0.343 e. The van der Waals surface area contributed by atoms with Crippen molar-refractivity contribution in [2.75, 3.05) is 6.61 Å². The van der Waals surface area contributed by atoms with Gasteiger partial charge in [0, 0.05) is 0 Å². The van der Waals surface area contributed by atoms with Gasteiger partial charge in [-0.15, -0.1) is 0 Å². The Hall–Kier alpha value is -2.50. The van der Waals surface area contributed by atoms with E-state index in [1.165, 1.54) is 6.92 Å². The van der Waals surface area contributed by atoms with Crippen molar-refractivity contribution in [3.63, 3.8) is 0 Å². The average molecular weight is 342 g/mol. The largest absolute Gasteiger partial charge is 0.464 e. The summed E-state index contributed by atoms with van der Waals surface area (Å²) in [6, 6.07) is 18.6. The molecule has 0 heterocycles. The highest BCUT2D eigenvalue weighted by Gasteiger charge is 2.33. The summed E-state index contributed by atoms with van der Waals surface area (Å²) in [6.07, 6.45) is -2.84. The van der Waals surface area contributed by atoms with Crippen LogP contribution in [-0.4, -0.2) is 35.9 Å². The number of ketones is 1. The molecule has 0 aromatic heterocycles. The summed E-state index contributed by atoms with van der Waals surface area (Å²) in [5.74, 6) is -1.86. The van der Waals surface area contributed by atoms with E-state index in [-0.39, 0.29) is 6.61 Å². The van der Waals surface area contributed by atoms with Gasteiger partial charge in [0.1, 0.15) is 0 Å². The predicted octanol–water partition coefficient (Wildman–Crippen LogP) is 2.67. The summed E-state index contributed by atoms with van der Waals surface area (Å²) in [6.45, 7) is 3.00. The van der Waals surface area contributed by atoms with Crippen molar-refractivity contribution < 1.29 is 24.2 Å². The Labute approximate surface area is 147 Å². The van der Waals surface area contributed by atoms with Gasteiger partial charge in [0.25, 0.3) is 0 Å². The van der Waals surface area contributed by atoms with Gasteiger partial charge in [-0.25, -0.2) is 4.79 Å². The first-order chi connectivity index (χ1) is 12.0. The molecule has 2 aromatic carbocycles. The third kappa shape index (κ3) is 4.98. The Morgan fingerprint density at radius 1 is 0.960 bits per heavy atom. The molecule has 5 nitrogen and oxygen atoms in total. The number of carbonyl (C=O) groups excluding carboxylic acids is 2. The molecule has 2 atom stereocenters. The van der Waals surface area contributed by atoms with Crippen molar-refractivity contribution in [2.45, 2.75) is 32.2 Å². The maximum absolute atomic E-state index is 11.9. The monoisotopic (exact) mass is 342 g/mol. The van der Waals surface area contributed by atoms with Crippen LogP contribution >= 0.6 is 0 Å². The summed E-state index contributed by atoms with van der Waals surface area (Å²) in [5.41, 5.74) is 1.62. The van der Waals surface area contributed by atoms with Crippen molar-refractivity contribution in [3.8, 4) is 0 Å². The normalized spacial score (nSPS) is 13.3. The second kappa shape index (κ2) is 9.11. The molecule has 0 radical (unpaired) electrons. The van der Waals surface area contributed by atoms with Gasteiger partial charge in [0.2, 0.25) is 6.10 Å². The molecule has 0 bridgehead atoms. The molecular weight excluding hydrogens is 320 g/mol. The third-order valence-electron chi connectivity index (χ3n) is 3.75. The van der Waals surface area contributed by atoms with E-state index in [1.807, 2.05) is 60.7 Å². The fraction of sp³-hybridized carbons (Fsp3) is 0.300. The van der Waals surface area contributed by atoms with Gasteiger partial charge >= 0.3 is 5.97 Å². The topological polar surface area (TPSA) is 72.8 Å². The Morgan fingerprint density at radius 3 is 1.84 bits per heavy atom. The highest BCUT2D eigenvalue weighted by atomic mass is 16.6. The third-order valence-corrected chi connectivity index (χ3v) is 3.75. The molecule has 0 spiro atoms. The number of benzene rings is 2. The van der Waals surface area contributed by atoms with Gasteiger partial charge in [0.05, 0.1) is 12.5 Å². The molecule has 5 heteroatoms. The minimum atomic E-state index is -1.45. The molecular formula is C20H22O5. The van der Waals surface area contributed by atoms with E-state index in [0.29, 0.717) is 0 Å². The average Bonchev–Trinajstić information content (AvgIpc) is 2.61. The van der Waals surface area contributed by atoms with Crippen LogP contribution < -0.4 is 0 Å². The Kier molecular flexibility index (Phi) is 6.86. The second-order valence-corrected chi connectivity index (χ2v) is 5.57. The molecule has 0 amide bonds. The standard InChI is InChI=1S/C20H22O5/c1-3-24-20(23)18(14(2)21)25-19(22)17(15-10-6-4-7-11-15)16-12-8-5-9-13-16/h4-13,17-19,22H,3H2,1-2H3. The van der Waals surface area contributed by atoms with Crippen molar-refractivity contribution in [2.24, 2.45) is 0 Å². The highest BCUT2D eigenvalue weighted by Crippen LogP contribution is 2.29. The first-order valence-electron chi connectivity index (χ1n) is 8.15. The summed E-state index contributed by atoms with van der Waals surface area (Å²) in [5, 5.41) is 10.7. The zero-order valence-corrected chi connectivity index (χ0v) is 14.3. The van der Waals surface area contributed by atoms with Crippen molar-refractivity contribution in [1.29, 1.82) is 0 Å². The molecule has 0 saturated heterocycles. The van der Waals surface area contributed by atoms with Crippen molar-refractivity contribution in [1.82, 2.24) is 0 Å². The molecule has 2 rings (SSSR count). The SMILES string of the molecule is CCOC(=O)C(OC(O)C(c1ccccc1)c1ccccc1)C(C)=O. The fourth-order valence-electron chi connectivity index (χ4n) is 2.60. The molecule has 0 aliphatic carbocycles. The maximum Gasteiger partial charge on any atom is 0.343 e. The quantitative estimate of drug-likeness (QED) is 0.454. The summed E-state index contributed by atoms with van der Waals surface area (Å²) in [7, 11) is 0. The molecule has 2 unspecified atom stereocenters. The van der Waals surface area contributed by atoms with Crippen LogP contribution in [0.3, 0.4) is 0 Å². The van der Waals surface area contributed by atoms with Crippen molar-refractivity contribution >= 4 is 11.8 Å². The van der Waals surface area contributed by atoms with Crippen LogP contribution in [0, 0.1) is 0 Å². The Morgan fingerprint density at radius 2 is 1.44 bits per heavy atom. The maximum atomic E-state index is 11.9. The molecule has 132 valence electrons. The lowest BCUT2D eigenvalue weighted by Crippen LogP contribution is -2.38. The first-order valence-corrected chi connectivity index (χ1v) is 8.15. The number of ether oxygens (including phenoxy) is 2. The molecule has 0 fully saturated rings.